The first-order chi connectivity index (χ1) is 8.47. The average molecular weight is 261 g/mol. The fraction of sp³-hybridized carbons (Fsp3) is 0.400. The minimum Gasteiger partial charge on any atom is -0.487 e. The first-order valence-corrected chi connectivity index (χ1v) is 6.98. The van der Waals surface area contributed by atoms with Crippen LogP contribution < -0.4 is 4.74 Å². The molecule has 0 bridgehead atoms. The van der Waals surface area contributed by atoms with E-state index >= 15 is 0 Å². The Kier molecular flexibility index (Phi) is 3.71. The smallest absolute Gasteiger partial charge is 0.131 e. The van der Waals surface area contributed by atoms with E-state index < -0.39 is 0 Å². The van der Waals surface area contributed by atoms with Gasteiger partial charge >= 0.3 is 0 Å². The molecule has 0 amide bonds. The zero-order valence-electron chi connectivity index (χ0n) is 11.4. The summed E-state index contributed by atoms with van der Waals surface area (Å²) in [7, 11) is 0. The number of ether oxygens (including phenoxy) is 1. The molecular weight excluding hydrogens is 242 g/mol. The number of rotatable bonds is 3. The van der Waals surface area contributed by atoms with Gasteiger partial charge in [-0.3, -0.25) is 0 Å². The Morgan fingerprint density at radius 1 is 1.22 bits per heavy atom. The number of aromatic nitrogens is 1. The number of thiazole rings is 1. The Hall–Kier alpha value is -1.35. The maximum atomic E-state index is 5.91. The Bertz CT molecular complexity index is 525. The molecule has 1 aromatic heterocycles. The molecular formula is C15H19NOS. The molecule has 2 nitrogen and oxygen atoms in total. The van der Waals surface area contributed by atoms with Gasteiger partial charge in [-0.1, -0.05) is 39.0 Å². The minimum absolute atomic E-state index is 0.0918. The van der Waals surface area contributed by atoms with Gasteiger partial charge in [0.25, 0.3) is 0 Å². The minimum atomic E-state index is 0.0918. The van der Waals surface area contributed by atoms with E-state index in [1.54, 1.807) is 11.3 Å². The molecule has 0 atom stereocenters. The van der Waals surface area contributed by atoms with Crippen LogP contribution in [0.15, 0.2) is 29.6 Å². The molecule has 0 saturated carbocycles. The van der Waals surface area contributed by atoms with Crippen LogP contribution in [0.5, 0.6) is 5.75 Å². The van der Waals surface area contributed by atoms with E-state index in [2.05, 4.69) is 43.3 Å². The largest absolute Gasteiger partial charge is 0.487 e. The molecule has 1 aromatic carbocycles. The van der Waals surface area contributed by atoms with Gasteiger partial charge in [0.05, 0.1) is 10.7 Å². The van der Waals surface area contributed by atoms with Crippen molar-refractivity contribution in [3.63, 3.8) is 0 Å². The summed E-state index contributed by atoms with van der Waals surface area (Å²) in [6.07, 6.45) is 0. The number of nitrogens with zero attached hydrogens (tertiary/aromatic N) is 1. The molecule has 2 rings (SSSR count). The molecule has 0 aliphatic heterocycles. The van der Waals surface area contributed by atoms with Gasteiger partial charge < -0.3 is 4.74 Å². The van der Waals surface area contributed by atoms with Crippen molar-refractivity contribution in [1.29, 1.82) is 0 Å². The Morgan fingerprint density at radius 2 is 1.94 bits per heavy atom. The normalized spacial score (nSPS) is 11.6. The van der Waals surface area contributed by atoms with E-state index in [1.165, 1.54) is 5.56 Å². The molecule has 0 spiro atoms. The molecule has 3 heteroatoms. The van der Waals surface area contributed by atoms with E-state index in [0.717, 1.165) is 16.5 Å². The van der Waals surface area contributed by atoms with Crippen molar-refractivity contribution in [2.75, 3.05) is 0 Å². The molecule has 0 unspecified atom stereocenters. The van der Waals surface area contributed by atoms with Gasteiger partial charge in [0.15, 0.2) is 0 Å². The van der Waals surface area contributed by atoms with Crippen LogP contribution in [0.1, 0.15) is 37.0 Å². The molecule has 0 aliphatic rings. The number of aryl methyl sites for hydroxylation is 1. The lowest BCUT2D eigenvalue weighted by molar-refractivity contribution is 0.293. The van der Waals surface area contributed by atoms with Crippen LogP contribution in [-0.4, -0.2) is 4.98 Å². The van der Waals surface area contributed by atoms with Crippen LogP contribution >= 0.6 is 11.3 Å². The summed E-state index contributed by atoms with van der Waals surface area (Å²) in [6, 6.07) is 8.22. The molecule has 0 fully saturated rings. The van der Waals surface area contributed by atoms with Gasteiger partial charge in [-0.15, -0.1) is 11.3 Å². The maximum Gasteiger partial charge on any atom is 0.131 e. The van der Waals surface area contributed by atoms with Crippen LogP contribution in [0, 0.1) is 6.92 Å². The number of hydrogen-bond acceptors (Lipinski definition) is 3. The molecule has 18 heavy (non-hydrogen) atoms. The van der Waals surface area contributed by atoms with Crippen molar-refractivity contribution in [3.05, 3.63) is 45.9 Å². The van der Waals surface area contributed by atoms with Gasteiger partial charge in [-0.05, 0) is 24.0 Å². The summed E-state index contributed by atoms with van der Waals surface area (Å²) in [5.41, 5.74) is 2.33. The van der Waals surface area contributed by atoms with E-state index in [9.17, 15) is 0 Å². The molecule has 1 heterocycles. The quantitative estimate of drug-likeness (QED) is 0.820. The Morgan fingerprint density at radius 3 is 2.56 bits per heavy atom. The second-order valence-electron chi connectivity index (χ2n) is 5.39. The maximum absolute atomic E-state index is 5.91. The fourth-order valence-electron chi connectivity index (χ4n) is 1.84. The molecule has 0 aliphatic carbocycles. The Balaban J connectivity index is 2.14. The van der Waals surface area contributed by atoms with Crippen LogP contribution in [0.25, 0.3) is 0 Å². The highest BCUT2D eigenvalue weighted by atomic mass is 32.1. The molecule has 0 saturated heterocycles. The van der Waals surface area contributed by atoms with Crippen LogP contribution in [-0.2, 0) is 12.0 Å². The van der Waals surface area contributed by atoms with Gasteiger partial charge in [-0.2, -0.15) is 0 Å². The summed E-state index contributed by atoms with van der Waals surface area (Å²) in [4.78, 5) is 4.41. The van der Waals surface area contributed by atoms with Gasteiger partial charge in [0, 0.05) is 5.38 Å². The average Bonchev–Trinajstić information content (AvgIpc) is 2.72. The number of benzene rings is 1. The lowest BCUT2D eigenvalue weighted by Crippen LogP contribution is -2.13. The van der Waals surface area contributed by atoms with E-state index in [0.29, 0.717) is 6.61 Å². The predicted molar refractivity (Wildman–Crippen MR) is 76.3 cm³/mol. The summed E-state index contributed by atoms with van der Waals surface area (Å²) in [5, 5.41) is 3.13. The highest BCUT2D eigenvalue weighted by Gasteiger charge is 2.18. The second-order valence-corrected chi connectivity index (χ2v) is 6.45. The standard InChI is InChI=1S/C15H19NOS/c1-11-16-12(10-18-11)9-17-14-8-6-5-7-13(14)15(2,3)4/h5-8,10H,9H2,1-4H3. The van der Waals surface area contributed by atoms with Crippen LogP contribution in [0.4, 0.5) is 0 Å². The third-order valence-electron chi connectivity index (χ3n) is 2.74. The summed E-state index contributed by atoms with van der Waals surface area (Å²) < 4.78 is 5.91. The van der Waals surface area contributed by atoms with Crippen molar-refractivity contribution in [1.82, 2.24) is 4.98 Å². The first kappa shape index (κ1) is 13.1. The third-order valence-corrected chi connectivity index (χ3v) is 3.56. The highest BCUT2D eigenvalue weighted by molar-refractivity contribution is 7.09. The molecule has 2 aromatic rings. The molecule has 0 N–H and O–H groups in total. The number of para-hydroxylation sites is 1. The van der Waals surface area contributed by atoms with Crippen molar-refractivity contribution in [2.24, 2.45) is 0 Å². The lowest BCUT2D eigenvalue weighted by Gasteiger charge is -2.22. The van der Waals surface area contributed by atoms with E-state index in [-0.39, 0.29) is 5.41 Å². The Labute approximate surface area is 113 Å². The summed E-state index contributed by atoms with van der Waals surface area (Å²) >= 11 is 1.66. The second kappa shape index (κ2) is 5.11. The van der Waals surface area contributed by atoms with Gasteiger partial charge in [0.1, 0.15) is 12.4 Å². The van der Waals surface area contributed by atoms with Crippen molar-refractivity contribution < 1.29 is 4.74 Å². The molecule has 96 valence electrons. The zero-order chi connectivity index (χ0) is 13.2. The van der Waals surface area contributed by atoms with Crippen LogP contribution in [0.2, 0.25) is 0 Å². The predicted octanol–water partition coefficient (Wildman–Crippen LogP) is 4.33. The first-order valence-electron chi connectivity index (χ1n) is 6.10. The number of hydrogen-bond donors (Lipinski definition) is 0. The topological polar surface area (TPSA) is 22.1 Å². The highest BCUT2D eigenvalue weighted by Crippen LogP contribution is 2.31. The zero-order valence-corrected chi connectivity index (χ0v) is 12.2. The molecule has 0 radical (unpaired) electrons. The fourth-order valence-corrected chi connectivity index (χ4v) is 2.44. The SMILES string of the molecule is Cc1nc(COc2ccccc2C(C)(C)C)cs1. The van der Waals surface area contributed by atoms with Crippen LogP contribution in [0.3, 0.4) is 0 Å². The monoisotopic (exact) mass is 261 g/mol. The summed E-state index contributed by atoms with van der Waals surface area (Å²) in [6.45, 7) is 9.14. The third kappa shape index (κ3) is 3.10. The van der Waals surface area contributed by atoms with E-state index in [1.807, 2.05) is 19.1 Å². The summed E-state index contributed by atoms with van der Waals surface area (Å²) in [5.74, 6) is 0.954. The van der Waals surface area contributed by atoms with Gasteiger partial charge in [0.2, 0.25) is 0 Å². The van der Waals surface area contributed by atoms with Crippen molar-refractivity contribution >= 4 is 11.3 Å². The van der Waals surface area contributed by atoms with Gasteiger partial charge in [-0.25, -0.2) is 4.98 Å². The van der Waals surface area contributed by atoms with E-state index in [4.69, 9.17) is 4.74 Å². The van der Waals surface area contributed by atoms with Crippen molar-refractivity contribution in [2.45, 2.75) is 39.7 Å². The lowest BCUT2D eigenvalue weighted by atomic mass is 9.86. The van der Waals surface area contributed by atoms with Crippen molar-refractivity contribution in [3.8, 4) is 5.75 Å².